The molecule has 4 rings (SSSR count). The second-order valence-corrected chi connectivity index (χ2v) is 10.4. The maximum Gasteiger partial charge on any atom is 0.150 e. The highest BCUT2D eigenvalue weighted by Crippen LogP contribution is 2.51. The third-order valence-electron chi connectivity index (χ3n) is 6.02. The third kappa shape index (κ3) is 3.10. The summed E-state index contributed by atoms with van der Waals surface area (Å²) in [6.45, 7) is 4.87. The Morgan fingerprint density at radius 1 is 1.22 bits per heavy atom. The first-order valence-electron chi connectivity index (χ1n) is 8.69. The Kier molecular flexibility index (Phi) is 4.27. The predicted molar refractivity (Wildman–Crippen MR) is 100 cm³/mol. The molecule has 2 saturated heterocycles. The molecule has 2 bridgehead atoms. The Bertz CT molecular complexity index is 590. The van der Waals surface area contributed by atoms with Crippen molar-refractivity contribution in [3.8, 4) is 0 Å². The van der Waals surface area contributed by atoms with Gasteiger partial charge in [-0.25, -0.2) is 0 Å². The Labute approximate surface area is 147 Å². The Morgan fingerprint density at radius 3 is 2.83 bits per heavy atom. The Hall–Kier alpha value is -0.450. The van der Waals surface area contributed by atoms with Crippen LogP contribution in [-0.2, 0) is 5.41 Å². The van der Waals surface area contributed by atoms with Crippen LogP contribution in [-0.4, -0.2) is 41.3 Å². The van der Waals surface area contributed by atoms with Crippen molar-refractivity contribution in [2.45, 2.75) is 43.6 Å². The van der Waals surface area contributed by atoms with Gasteiger partial charge in [-0.3, -0.25) is 9.69 Å². The molecule has 2 heterocycles. The number of hydrogen-bond donors (Lipinski definition) is 0. The van der Waals surface area contributed by atoms with Gasteiger partial charge in [-0.1, -0.05) is 59.2 Å². The Balaban J connectivity index is 1.58. The highest BCUT2D eigenvalue weighted by molar-refractivity contribution is 8.76. The molecule has 0 amide bonds. The zero-order valence-corrected chi connectivity index (χ0v) is 15.4. The van der Waals surface area contributed by atoms with Gasteiger partial charge >= 0.3 is 0 Å². The lowest BCUT2D eigenvalue weighted by molar-refractivity contribution is 0.112. The van der Waals surface area contributed by atoms with Crippen molar-refractivity contribution in [1.82, 2.24) is 4.90 Å². The zero-order chi connectivity index (χ0) is 15.9. The molecular weight excluding hydrogens is 322 g/mol. The molecule has 3 fully saturated rings. The summed E-state index contributed by atoms with van der Waals surface area (Å²) in [5.41, 5.74) is 2.87. The summed E-state index contributed by atoms with van der Waals surface area (Å²) in [5.74, 6) is 3.40. The molecule has 1 aromatic rings. The van der Waals surface area contributed by atoms with Crippen LogP contribution < -0.4 is 0 Å². The van der Waals surface area contributed by atoms with E-state index in [0.29, 0.717) is 5.54 Å². The molecule has 3 aliphatic rings. The molecule has 0 radical (unpaired) electrons. The van der Waals surface area contributed by atoms with Gasteiger partial charge in [0.25, 0.3) is 0 Å². The molecule has 0 N–H and O–H groups in total. The number of nitrogens with zero attached hydrogens (tertiary/aromatic N) is 1. The maximum atomic E-state index is 10.9. The van der Waals surface area contributed by atoms with Crippen LogP contribution in [0.1, 0.15) is 48.5 Å². The lowest BCUT2D eigenvalue weighted by Gasteiger charge is -2.36. The van der Waals surface area contributed by atoms with Gasteiger partial charge in [-0.05, 0) is 30.7 Å². The molecule has 1 spiro atoms. The molecule has 1 saturated carbocycles. The van der Waals surface area contributed by atoms with E-state index in [0.717, 1.165) is 30.1 Å². The van der Waals surface area contributed by atoms with Crippen molar-refractivity contribution in [3.05, 3.63) is 35.4 Å². The van der Waals surface area contributed by atoms with Crippen molar-refractivity contribution in [1.29, 1.82) is 0 Å². The molecule has 0 aromatic heterocycles. The van der Waals surface area contributed by atoms with Crippen LogP contribution in [0.2, 0.25) is 0 Å². The number of fused-ring (bicyclic) bond motifs is 1. The summed E-state index contributed by atoms with van der Waals surface area (Å²) in [4.78, 5) is 13.7. The minimum Gasteiger partial charge on any atom is -0.298 e. The van der Waals surface area contributed by atoms with Gasteiger partial charge in [-0.15, -0.1) is 0 Å². The highest BCUT2D eigenvalue weighted by Gasteiger charge is 2.55. The molecule has 4 heteroatoms. The molecule has 23 heavy (non-hydrogen) atoms. The van der Waals surface area contributed by atoms with E-state index in [9.17, 15) is 4.79 Å². The van der Waals surface area contributed by atoms with Gasteiger partial charge in [0, 0.05) is 41.1 Å². The smallest absolute Gasteiger partial charge is 0.150 e. The van der Waals surface area contributed by atoms with E-state index in [-0.39, 0.29) is 5.41 Å². The van der Waals surface area contributed by atoms with Gasteiger partial charge in [0.2, 0.25) is 0 Å². The molecule has 2 aliphatic heterocycles. The predicted octanol–water partition coefficient (Wildman–Crippen LogP) is 4.40. The fourth-order valence-electron chi connectivity index (χ4n) is 4.50. The average Bonchev–Trinajstić information content (AvgIpc) is 3.21. The summed E-state index contributed by atoms with van der Waals surface area (Å²) >= 11 is 0. The first kappa shape index (κ1) is 16.0. The number of aldehydes is 1. The van der Waals surface area contributed by atoms with Gasteiger partial charge in [0.1, 0.15) is 6.29 Å². The number of carbonyl (C=O) groups is 1. The van der Waals surface area contributed by atoms with Crippen molar-refractivity contribution in [3.63, 3.8) is 0 Å². The van der Waals surface area contributed by atoms with Crippen molar-refractivity contribution in [2.75, 3.05) is 24.6 Å². The lowest BCUT2D eigenvalue weighted by atomic mass is 9.80. The van der Waals surface area contributed by atoms with Crippen LogP contribution in [0.4, 0.5) is 0 Å². The normalized spacial score (nSPS) is 40.0. The fourth-order valence-corrected chi connectivity index (χ4v) is 7.57. The SMILES string of the molecule is CC1(c2ccc(C=O)cc2)CSSCC2CCCC3(C2)CN3C1. The number of rotatable bonds is 2. The van der Waals surface area contributed by atoms with E-state index in [1.54, 1.807) is 0 Å². The second kappa shape index (κ2) is 6.12. The van der Waals surface area contributed by atoms with Crippen molar-refractivity contribution in [2.24, 2.45) is 5.92 Å². The summed E-state index contributed by atoms with van der Waals surface area (Å²) in [5, 5.41) is 0. The quantitative estimate of drug-likeness (QED) is 0.449. The van der Waals surface area contributed by atoms with E-state index in [1.165, 1.54) is 43.5 Å². The van der Waals surface area contributed by atoms with Gasteiger partial charge in [0.05, 0.1) is 0 Å². The first-order valence-corrected chi connectivity index (χ1v) is 11.2. The number of hydrogen-bond acceptors (Lipinski definition) is 4. The monoisotopic (exact) mass is 347 g/mol. The van der Waals surface area contributed by atoms with Crippen LogP contribution in [0.3, 0.4) is 0 Å². The molecule has 2 nitrogen and oxygen atoms in total. The Morgan fingerprint density at radius 2 is 2.04 bits per heavy atom. The highest BCUT2D eigenvalue weighted by atomic mass is 33.1. The largest absolute Gasteiger partial charge is 0.298 e. The number of benzene rings is 1. The van der Waals surface area contributed by atoms with E-state index in [4.69, 9.17) is 0 Å². The summed E-state index contributed by atoms with van der Waals surface area (Å²) in [6, 6.07) is 8.28. The summed E-state index contributed by atoms with van der Waals surface area (Å²) in [7, 11) is 4.13. The first-order chi connectivity index (χ1) is 11.1. The molecule has 4 unspecified atom stereocenters. The van der Waals surface area contributed by atoms with Crippen LogP contribution in [0.15, 0.2) is 24.3 Å². The second-order valence-electron chi connectivity index (χ2n) is 7.89. The maximum absolute atomic E-state index is 10.9. The topological polar surface area (TPSA) is 20.1 Å². The average molecular weight is 348 g/mol. The lowest BCUT2D eigenvalue weighted by Crippen LogP contribution is -2.38. The van der Waals surface area contributed by atoms with Crippen LogP contribution in [0.5, 0.6) is 0 Å². The third-order valence-corrected chi connectivity index (χ3v) is 8.81. The standard InChI is InChI=1S/C19H25NOS2/c1-18(17-6-4-15(10-21)5-7-17)12-20-13-19(20)8-2-3-16(9-19)11-22-23-14-18/h4-7,10,16H,2-3,8-9,11-14H2,1H3. The molecule has 1 aromatic carbocycles. The fraction of sp³-hybridized carbons (Fsp3) is 0.632. The van der Waals surface area contributed by atoms with Crippen LogP contribution in [0.25, 0.3) is 0 Å². The van der Waals surface area contributed by atoms with Gasteiger partial charge in [0.15, 0.2) is 0 Å². The molecule has 1 aliphatic carbocycles. The minimum absolute atomic E-state index is 0.173. The molecular formula is C19H25NOS2. The number of carbonyl (C=O) groups excluding carboxylic acids is 1. The van der Waals surface area contributed by atoms with Crippen molar-refractivity contribution < 1.29 is 4.79 Å². The van der Waals surface area contributed by atoms with Crippen LogP contribution in [0, 0.1) is 5.92 Å². The minimum atomic E-state index is 0.173. The van der Waals surface area contributed by atoms with E-state index < -0.39 is 0 Å². The van der Waals surface area contributed by atoms with E-state index in [2.05, 4.69) is 34.8 Å². The van der Waals surface area contributed by atoms with Crippen molar-refractivity contribution >= 4 is 27.9 Å². The molecule has 124 valence electrons. The molecule has 4 atom stereocenters. The summed E-state index contributed by atoms with van der Waals surface area (Å²) in [6.07, 6.45) is 6.61. The van der Waals surface area contributed by atoms with E-state index >= 15 is 0 Å². The van der Waals surface area contributed by atoms with Crippen LogP contribution >= 0.6 is 21.6 Å². The zero-order valence-electron chi connectivity index (χ0n) is 13.8. The van der Waals surface area contributed by atoms with Gasteiger partial charge in [-0.2, -0.15) is 0 Å². The van der Waals surface area contributed by atoms with E-state index in [1.807, 2.05) is 22.9 Å². The summed E-state index contributed by atoms with van der Waals surface area (Å²) < 4.78 is 0. The van der Waals surface area contributed by atoms with Gasteiger partial charge < -0.3 is 0 Å².